The van der Waals surface area contributed by atoms with Gasteiger partial charge in [-0.1, -0.05) is 6.92 Å². The summed E-state index contributed by atoms with van der Waals surface area (Å²) in [6.07, 6.45) is 1.000. The monoisotopic (exact) mass is 230 g/mol. The van der Waals surface area contributed by atoms with Gasteiger partial charge >= 0.3 is 0 Å². The molecule has 88 valence electrons. The fourth-order valence-corrected chi connectivity index (χ4v) is 2.75. The summed E-state index contributed by atoms with van der Waals surface area (Å²) in [6, 6.07) is -0.0108. The van der Waals surface area contributed by atoms with Crippen molar-refractivity contribution in [2.75, 3.05) is 25.1 Å². The molecule has 4 heteroatoms. The van der Waals surface area contributed by atoms with Crippen LogP contribution in [-0.2, 0) is 4.79 Å². The van der Waals surface area contributed by atoms with Crippen LogP contribution in [-0.4, -0.2) is 47.5 Å². The molecule has 0 bridgehead atoms. The lowest BCUT2D eigenvalue weighted by molar-refractivity contribution is -0.137. The third-order valence-electron chi connectivity index (χ3n) is 3.25. The lowest BCUT2D eigenvalue weighted by atomic mass is 9.98. The highest BCUT2D eigenvalue weighted by Gasteiger charge is 2.34. The largest absolute Gasteiger partial charge is 0.335 e. The van der Waals surface area contributed by atoms with Crippen molar-refractivity contribution < 1.29 is 4.79 Å². The second-order valence-corrected chi connectivity index (χ2v) is 5.72. The average Bonchev–Trinajstić information content (AvgIpc) is 2.40. The van der Waals surface area contributed by atoms with E-state index >= 15 is 0 Å². The molecular formula is C11H22N2OS. The van der Waals surface area contributed by atoms with Gasteiger partial charge in [0.05, 0.1) is 6.04 Å². The number of nitrogens with one attached hydrogen (secondary N) is 1. The first-order valence-corrected chi connectivity index (χ1v) is 6.75. The number of amides is 1. The van der Waals surface area contributed by atoms with Crippen LogP contribution < -0.4 is 5.32 Å². The number of hydrogen-bond acceptors (Lipinski definition) is 3. The van der Waals surface area contributed by atoms with Crippen molar-refractivity contribution in [3.05, 3.63) is 0 Å². The average molecular weight is 230 g/mol. The third kappa shape index (κ3) is 2.88. The molecule has 1 aliphatic heterocycles. The highest BCUT2D eigenvalue weighted by Crippen LogP contribution is 2.23. The second-order valence-electron chi connectivity index (χ2n) is 4.57. The van der Waals surface area contributed by atoms with Crippen LogP contribution in [0.5, 0.6) is 0 Å². The molecule has 1 fully saturated rings. The number of thioether (sulfide) groups is 1. The van der Waals surface area contributed by atoms with Gasteiger partial charge in [-0.3, -0.25) is 4.79 Å². The van der Waals surface area contributed by atoms with E-state index in [-0.39, 0.29) is 17.5 Å². The summed E-state index contributed by atoms with van der Waals surface area (Å²) in [7, 11) is 1.87. The third-order valence-corrected chi connectivity index (χ3v) is 4.29. The number of carbonyl (C=O) groups is 1. The van der Waals surface area contributed by atoms with Gasteiger partial charge in [0.2, 0.25) is 5.91 Å². The molecule has 0 aromatic rings. The highest BCUT2D eigenvalue weighted by atomic mass is 32.2. The topological polar surface area (TPSA) is 32.3 Å². The van der Waals surface area contributed by atoms with Gasteiger partial charge in [-0.05, 0) is 27.3 Å². The molecule has 0 radical (unpaired) electrons. The van der Waals surface area contributed by atoms with Gasteiger partial charge in [0.1, 0.15) is 0 Å². The Kier molecular flexibility index (Phi) is 4.46. The van der Waals surface area contributed by atoms with E-state index < -0.39 is 0 Å². The Bertz CT molecular complexity index is 231. The lowest BCUT2D eigenvalue weighted by Crippen LogP contribution is -2.54. The summed E-state index contributed by atoms with van der Waals surface area (Å²) in [5, 5.41) is 3.11. The van der Waals surface area contributed by atoms with Crippen LogP contribution in [0.25, 0.3) is 0 Å². The van der Waals surface area contributed by atoms with Crippen molar-refractivity contribution in [3.8, 4) is 0 Å². The van der Waals surface area contributed by atoms with Gasteiger partial charge in [-0.25, -0.2) is 0 Å². The van der Waals surface area contributed by atoms with Gasteiger partial charge in [0.25, 0.3) is 0 Å². The summed E-state index contributed by atoms with van der Waals surface area (Å²) < 4.78 is 0. The van der Waals surface area contributed by atoms with Crippen LogP contribution in [0.1, 0.15) is 27.2 Å². The van der Waals surface area contributed by atoms with Crippen LogP contribution in [0.4, 0.5) is 0 Å². The predicted octanol–water partition coefficient (Wildman–Crippen LogP) is 1.34. The minimum atomic E-state index is -0.0168. The predicted molar refractivity (Wildman–Crippen MR) is 66.3 cm³/mol. The summed E-state index contributed by atoms with van der Waals surface area (Å²) in [6.45, 7) is 7.31. The molecule has 1 unspecified atom stereocenters. The molecule has 0 aromatic carbocycles. The van der Waals surface area contributed by atoms with Gasteiger partial charge < -0.3 is 10.2 Å². The molecule has 0 aromatic heterocycles. The van der Waals surface area contributed by atoms with Gasteiger partial charge in [-0.15, -0.1) is 0 Å². The van der Waals surface area contributed by atoms with Crippen molar-refractivity contribution in [2.45, 2.75) is 38.8 Å². The van der Waals surface area contributed by atoms with Crippen LogP contribution in [0.2, 0.25) is 0 Å². The Hall–Kier alpha value is -0.220. The molecule has 1 amide bonds. The van der Waals surface area contributed by atoms with Crippen LogP contribution in [0.3, 0.4) is 0 Å². The van der Waals surface area contributed by atoms with Gasteiger partial charge in [0, 0.05) is 23.6 Å². The van der Waals surface area contributed by atoms with E-state index in [1.807, 2.05) is 23.7 Å². The van der Waals surface area contributed by atoms with E-state index in [0.29, 0.717) is 0 Å². The maximum absolute atomic E-state index is 12.2. The fraction of sp³-hybridized carbons (Fsp3) is 0.909. The van der Waals surface area contributed by atoms with Crippen molar-refractivity contribution in [2.24, 2.45) is 0 Å². The lowest BCUT2D eigenvalue weighted by Gasteiger charge is -2.38. The summed E-state index contributed by atoms with van der Waals surface area (Å²) >= 11 is 1.86. The minimum absolute atomic E-state index is 0.0108. The van der Waals surface area contributed by atoms with E-state index in [0.717, 1.165) is 24.5 Å². The van der Waals surface area contributed by atoms with E-state index in [2.05, 4.69) is 26.1 Å². The fourth-order valence-electron chi connectivity index (χ4n) is 1.73. The summed E-state index contributed by atoms with van der Waals surface area (Å²) in [5.41, 5.74) is -0.0168. The molecule has 15 heavy (non-hydrogen) atoms. The Morgan fingerprint density at radius 1 is 1.60 bits per heavy atom. The summed E-state index contributed by atoms with van der Waals surface area (Å²) in [5.74, 6) is 2.20. The molecule has 1 atom stereocenters. The number of nitrogens with zero attached hydrogens (tertiary/aromatic N) is 1. The van der Waals surface area contributed by atoms with Crippen molar-refractivity contribution >= 4 is 17.7 Å². The minimum Gasteiger partial charge on any atom is -0.335 e. The van der Waals surface area contributed by atoms with Crippen molar-refractivity contribution in [3.63, 3.8) is 0 Å². The van der Waals surface area contributed by atoms with E-state index in [1.54, 1.807) is 0 Å². The van der Waals surface area contributed by atoms with Gasteiger partial charge in [0.15, 0.2) is 0 Å². The molecule has 0 saturated carbocycles. The Balaban J connectivity index is 2.82. The normalized spacial score (nSPS) is 24.1. The molecule has 3 nitrogen and oxygen atoms in total. The number of carbonyl (C=O) groups excluding carboxylic acids is 1. The highest BCUT2D eigenvalue weighted by molar-refractivity contribution is 7.99. The molecule has 1 N–H and O–H groups in total. The number of hydrogen-bond donors (Lipinski definition) is 1. The first-order chi connectivity index (χ1) is 7.03. The molecule has 1 saturated heterocycles. The van der Waals surface area contributed by atoms with E-state index in [9.17, 15) is 4.79 Å². The molecule has 1 heterocycles. The maximum atomic E-state index is 12.2. The first kappa shape index (κ1) is 12.8. The zero-order chi connectivity index (χ0) is 11.5. The Morgan fingerprint density at radius 3 is 2.80 bits per heavy atom. The molecule has 0 spiro atoms. The zero-order valence-corrected chi connectivity index (χ0v) is 11.0. The second kappa shape index (κ2) is 5.21. The zero-order valence-electron chi connectivity index (χ0n) is 10.2. The standard InChI is InChI=1S/C11H22N2OS/c1-5-11(2,3)13-6-7-15-8-9(12-4)10(13)14/h9,12H,5-8H2,1-4H3. The summed E-state index contributed by atoms with van der Waals surface area (Å²) in [4.78, 5) is 14.3. The van der Waals surface area contributed by atoms with Crippen LogP contribution >= 0.6 is 11.8 Å². The maximum Gasteiger partial charge on any atom is 0.241 e. The molecule has 1 aliphatic rings. The SMILES string of the molecule is CCC(C)(C)N1CCSCC(NC)C1=O. The van der Waals surface area contributed by atoms with E-state index in [4.69, 9.17) is 0 Å². The molecule has 0 aliphatic carbocycles. The van der Waals surface area contributed by atoms with E-state index in [1.165, 1.54) is 0 Å². The van der Waals surface area contributed by atoms with Gasteiger partial charge in [-0.2, -0.15) is 11.8 Å². The Morgan fingerprint density at radius 2 is 2.27 bits per heavy atom. The number of likely N-dealkylation sites (N-methyl/N-ethyl adjacent to an activating group) is 1. The van der Waals surface area contributed by atoms with Crippen molar-refractivity contribution in [1.82, 2.24) is 10.2 Å². The van der Waals surface area contributed by atoms with Crippen LogP contribution in [0.15, 0.2) is 0 Å². The Labute approximate surface area is 97.0 Å². The molecule has 1 rings (SSSR count). The molecular weight excluding hydrogens is 208 g/mol. The smallest absolute Gasteiger partial charge is 0.241 e. The van der Waals surface area contributed by atoms with Crippen LogP contribution in [0, 0.1) is 0 Å². The quantitative estimate of drug-likeness (QED) is 0.794. The van der Waals surface area contributed by atoms with Crippen molar-refractivity contribution in [1.29, 1.82) is 0 Å². The first-order valence-electron chi connectivity index (χ1n) is 5.59. The number of rotatable bonds is 3.